The molecule has 1 amide bonds. The zero-order valence-corrected chi connectivity index (χ0v) is 15.2. The fourth-order valence-electron chi connectivity index (χ4n) is 2.74. The van der Waals surface area contributed by atoms with Crippen LogP contribution >= 0.6 is 23.2 Å². The Morgan fingerprint density at radius 2 is 1.84 bits per heavy atom. The zero-order chi connectivity index (χ0) is 17.8. The molecule has 1 fully saturated rings. The highest BCUT2D eigenvalue weighted by Gasteiger charge is 2.30. The van der Waals surface area contributed by atoms with Crippen LogP contribution in [0.1, 0.15) is 24.8 Å². The Morgan fingerprint density at radius 3 is 2.52 bits per heavy atom. The monoisotopic (exact) mass is 380 g/mol. The maximum Gasteiger partial charge on any atom is 0.225 e. The fraction of sp³-hybridized carbons (Fsp3) is 0.316. The van der Waals surface area contributed by atoms with Gasteiger partial charge in [0.1, 0.15) is 5.82 Å². The highest BCUT2D eigenvalue weighted by atomic mass is 35.5. The summed E-state index contributed by atoms with van der Waals surface area (Å²) >= 11 is 12.2. The van der Waals surface area contributed by atoms with Crippen molar-refractivity contribution in [1.82, 2.24) is 4.90 Å². The number of para-hydroxylation sites is 1. The summed E-state index contributed by atoms with van der Waals surface area (Å²) in [5, 5.41) is 3.74. The van der Waals surface area contributed by atoms with E-state index in [0.29, 0.717) is 46.8 Å². The van der Waals surface area contributed by atoms with Gasteiger partial charge in [0.15, 0.2) is 0 Å². The highest BCUT2D eigenvalue weighted by Crippen LogP contribution is 2.31. The second-order valence-electron chi connectivity index (χ2n) is 6.18. The van der Waals surface area contributed by atoms with E-state index < -0.39 is 0 Å². The predicted octanol–water partition coefficient (Wildman–Crippen LogP) is 5.13. The molecule has 1 aliphatic rings. The molecule has 0 unspecified atom stereocenters. The van der Waals surface area contributed by atoms with Gasteiger partial charge in [-0.25, -0.2) is 4.39 Å². The summed E-state index contributed by atoms with van der Waals surface area (Å²) in [6, 6.07) is 12.2. The van der Waals surface area contributed by atoms with Crippen LogP contribution in [-0.4, -0.2) is 23.4 Å². The standard InChI is InChI=1S/C19H19Cl2FN2O/c20-15-5-3-6-17(22)14(15)12-24(13-8-9-13)11-10-19(25)23-18-7-2-1-4-16(18)21/h1-7,13H,8-12H2,(H,23,25). The fourth-order valence-corrected chi connectivity index (χ4v) is 3.14. The molecule has 0 saturated heterocycles. The van der Waals surface area contributed by atoms with E-state index in [1.165, 1.54) is 6.07 Å². The maximum atomic E-state index is 14.0. The lowest BCUT2D eigenvalue weighted by Gasteiger charge is -2.22. The Morgan fingerprint density at radius 1 is 1.12 bits per heavy atom. The Balaban J connectivity index is 1.59. The lowest BCUT2D eigenvalue weighted by molar-refractivity contribution is -0.116. The molecule has 0 heterocycles. The summed E-state index contributed by atoms with van der Waals surface area (Å²) in [4.78, 5) is 14.3. The number of carbonyl (C=O) groups excluding carboxylic acids is 1. The van der Waals surface area contributed by atoms with Crippen molar-refractivity contribution >= 4 is 34.8 Å². The molecule has 3 nitrogen and oxygen atoms in total. The van der Waals surface area contributed by atoms with Gasteiger partial charge in [0.05, 0.1) is 10.7 Å². The maximum absolute atomic E-state index is 14.0. The number of rotatable bonds is 7. The third kappa shape index (κ3) is 4.94. The van der Waals surface area contributed by atoms with E-state index in [-0.39, 0.29) is 11.7 Å². The van der Waals surface area contributed by atoms with Gasteiger partial charge in [0.2, 0.25) is 5.91 Å². The lowest BCUT2D eigenvalue weighted by atomic mass is 10.2. The van der Waals surface area contributed by atoms with Crippen molar-refractivity contribution in [2.45, 2.75) is 31.8 Å². The minimum absolute atomic E-state index is 0.113. The van der Waals surface area contributed by atoms with E-state index in [1.807, 2.05) is 12.1 Å². The normalized spacial score (nSPS) is 13.9. The van der Waals surface area contributed by atoms with Gasteiger partial charge in [-0.2, -0.15) is 0 Å². The third-order valence-corrected chi connectivity index (χ3v) is 4.94. The van der Waals surface area contributed by atoms with E-state index in [2.05, 4.69) is 10.2 Å². The molecule has 132 valence electrons. The number of nitrogens with zero attached hydrogens (tertiary/aromatic N) is 1. The average molecular weight is 381 g/mol. The minimum atomic E-state index is -0.307. The Labute approximate surface area is 156 Å². The summed E-state index contributed by atoms with van der Waals surface area (Å²) < 4.78 is 14.0. The van der Waals surface area contributed by atoms with E-state index in [4.69, 9.17) is 23.2 Å². The molecule has 3 rings (SSSR count). The number of amides is 1. The summed E-state index contributed by atoms with van der Waals surface area (Å²) in [5.74, 6) is -0.419. The molecule has 0 aliphatic heterocycles. The van der Waals surface area contributed by atoms with Crippen molar-refractivity contribution < 1.29 is 9.18 Å². The Kier molecular flexibility index (Phi) is 5.94. The number of carbonyl (C=O) groups is 1. The number of hydrogen-bond donors (Lipinski definition) is 1. The van der Waals surface area contributed by atoms with E-state index in [1.54, 1.807) is 24.3 Å². The van der Waals surface area contributed by atoms with Crippen LogP contribution in [0.5, 0.6) is 0 Å². The lowest BCUT2D eigenvalue weighted by Crippen LogP contribution is -2.30. The SMILES string of the molecule is O=C(CCN(Cc1c(F)cccc1Cl)C1CC1)Nc1ccccc1Cl. The quantitative estimate of drug-likeness (QED) is 0.722. The van der Waals surface area contributed by atoms with Gasteiger partial charge in [-0.1, -0.05) is 41.4 Å². The van der Waals surface area contributed by atoms with E-state index in [0.717, 1.165) is 12.8 Å². The molecule has 0 radical (unpaired) electrons. The van der Waals surface area contributed by atoms with Gasteiger partial charge in [0.25, 0.3) is 0 Å². The van der Waals surface area contributed by atoms with Crippen molar-refractivity contribution in [3.05, 3.63) is 63.9 Å². The van der Waals surface area contributed by atoms with E-state index >= 15 is 0 Å². The molecule has 0 bridgehead atoms. The van der Waals surface area contributed by atoms with Crippen LogP contribution in [0.15, 0.2) is 42.5 Å². The van der Waals surface area contributed by atoms with Crippen LogP contribution in [0.2, 0.25) is 10.0 Å². The summed E-state index contributed by atoms with van der Waals surface area (Å²) in [7, 11) is 0. The van der Waals surface area contributed by atoms with Crippen LogP contribution in [0, 0.1) is 5.82 Å². The molecule has 2 aromatic carbocycles. The van der Waals surface area contributed by atoms with Crippen molar-refractivity contribution in [2.24, 2.45) is 0 Å². The molecule has 25 heavy (non-hydrogen) atoms. The van der Waals surface area contributed by atoms with Crippen molar-refractivity contribution in [2.75, 3.05) is 11.9 Å². The molecule has 0 aromatic heterocycles. The minimum Gasteiger partial charge on any atom is -0.325 e. The first-order valence-corrected chi connectivity index (χ1v) is 9.01. The first-order valence-electron chi connectivity index (χ1n) is 8.26. The molecule has 1 saturated carbocycles. The van der Waals surface area contributed by atoms with Crippen molar-refractivity contribution in [3.63, 3.8) is 0 Å². The smallest absolute Gasteiger partial charge is 0.225 e. The number of benzene rings is 2. The van der Waals surface area contributed by atoms with Gasteiger partial charge < -0.3 is 5.32 Å². The van der Waals surface area contributed by atoms with Gasteiger partial charge >= 0.3 is 0 Å². The van der Waals surface area contributed by atoms with Gasteiger partial charge in [-0.3, -0.25) is 9.69 Å². The van der Waals surface area contributed by atoms with Crippen LogP contribution < -0.4 is 5.32 Å². The number of nitrogens with one attached hydrogen (secondary N) is 1. The average Bonchev–Trinajstić information content (AvgIpc) is 3.41. The molecular formula is C19H19Cl2FN2O. The van der Waals surface area contributed by atoms with Gasteiger partial charge in [0, 0.05) is 36.1 Å². The number of anilines is 1. The molecule has 1 N–H and O–H groups in total. The molecular weight excluding hydrogens is 362 g/mol. The Hall–Kier alpha value is -1.62. The predicted molar refractivity (Wildman–Crippen MR) is 99.5 cm³/mol. The topological polar surface area (TPSA) is 32.3 Å². The van der Waals surface area contributed by atoms with Crippen LogP contribution in [0.4, 0.5) is 10.1 Å². The van der Waals surface area contributed by atoms with E-state index in [9.17, 15) is 9.18 Å². The second-order valence-corrected chi connectivity index (χ2v) is 6.99. The zero-order valence-electron chi connectivity index (χ0n) is 13.6. The molecule has 6 heteroatoms. The van der Waals surface area contributed by atoms with Crippen LogP contribution in [0.3, 0.4) is 0 Å². The highest BCUT2D eigenvalue weighted by molar-refractivity contribution is 6.33. The third-order valence-electron chi connectivity index (χ3n) is 4.26. The largest absolute Gasteiger partial charge is 0.325 e. The van der Waals surface area contributed by atoms with Gasteiger partial charge in [-0.15, -0.1) is 0 Å². The Bertz CT molecular complexity index is 745. The van der Waals surface area contributed by atoms with Crippen molar-refractivity contribution in [1.29, 1.82) is 0 Å². The van der Waals surface area contributed by atoms with Crippen LogP contribution in [0.25, 0.3) is 0 Å². The second kappa shape index (κ2) is 8.17. The molecule has 0 spiro atoms. The molecule has 2 aromatic rings. The van der Waals surface area contributed by atoms with Crippen LogP contribution in [-0.2, 0) is 11.3 Å². The molecule has 1 aliphatic carbocycles. The number of hydrogen-bond acceptors (Lipinski definition) is 2. The first-order chi connectivity index (χ1) is 12.0. The molecule has 0 atom stereocenters. The summed E-state index contributed by atoms with van der Waals surface area (Å²) in [5.41, 5.74) is 1.09. The summed E-state index contributed by atoms with van der Waals surface area (Å²) in [6.45, 7) is 0.959. The van der Waals surface area contributed by atoms with Gasteiger partial charge in [-0.05, 0) is 37.1 Å². The van der Waals surface area contributed by atoms with Crippen molar-refractivity contribution in [3.8, 4) is 0 Å². The number of halogens is 3. The summed E-state index contributed by atoms with van der Waals surface area (Å²) in [6.07, 6.45) is 2.45. The first kappa shape index (κ1) is 18.2.